The maximum atomic E-state index is 16.1. The molecule has 6 nitrogen and oxygen atoms in total. The Bertz CT molecular complexity index is 1440. The molecule has 3 heterocycles. The number of alkyl halides is 3. The summed E-state index contributed by atoms with van der Waals surface area (Å²) in [5.74, 6) is -2.01. The third kappa shape index (κ3) is 5.03. The Morgan fingerprint density at radius 2 is 1.85 bits per heavy atom. The number of halogens is 4. The summed E-state index contributed by atoms with van der Waals surface area (Å²) in [6.45, 7) is 4.88. The lowest BCUT2D eigenvalue weighted by molar-refractivity contribution is -0.138. The average molecular weight is 544 g/mol. The Labute approximate surface area is 223 Å². The predicted molar refractivity (Wildman–Crippen MR) is 136 cm³/mol. The molecule has 2 aromatic carbocycles. The predicted octanol–water partition coefficient (Wildman–Crippen LogP) is 5.03. The summed E-state index contributed by atoms with van der Waals surface area (Å²) in [5.41, 5.74) is -1.30. The van der Waals surface area contributed by atoms with Gasteiger partial charge in [0.2, 0.25) is 11.8 Å². The number of carbonyl (C=O) groups is 2. The molecule has 206 valence electrons. The lowest BCUT2D eigenvalue weighted by Crippen LogP contribution is -2.55. The Hall–Kier alpha value is -3.37. The van der Waals surface area contributed by atoms with Crippen LogP contribution in [0.3, 0.4) is 0 Å². The third-order valence-corrected chi connectivity index (χ3v) is 8.12. The number of fused-ring (bicyclic) bond motifs is 1. The van der Waals surface area contributed by atoms with Crippen LogP contribution in [-0.4, -0.2) is 39.9 Å². The molecule has 2 N–H and O–H groups in total. The van der Waals surface area contributed by atoms with Gasteiger partial charge in [0.15, 0.2) is 0 Å². The zero-order chi connectivity index (χ0) is 28.2. The molecule has 0 aliphatic carbocycles. The topological polar surface area (TPSA) is 82.5 Å². The third-order valence-electron chi connectivity index (χ3n) is 8.12. The van der Waals surface area contributed by atoms with Crippen LogP contribution in [-0.2, 0) is 27.9 Å². The molecule has 2 fully saturated rings. The van der Waals surface area contributed by atoms with Crippen molar-refractivity contribution in [3.8, 4) is 0 Å². The van der Waals surface area contributed by atoms with Crippen LogP contribution in [0.1, 0.15) is 61.3 Å². The second-order valence-corrected chi connectivity index (χ2v) is 11.2. The normalized spacial score (nSPS) is 24.1. The van der Waals surface area contributed by atoms with Crippen LogP contribution in [0.5, 0.6) is 0 Å². The number of aliphatic hydroxyl groups is 1. The maximum Gasteiger partial charge on any atom is 0.416 e. The van der Waals surface area contributed by atoms with Crippen molar-refractivity contribution in [1.82, 2.24) is 15.2 Å². The largest absolute Gasteiger partial charge is 0.416 e. The van der Waals surface area contributed by atoms with Crippen molar-refractivity contribution >= 4 is 22.7 Å². The van der Waals surface area contributed by atoms with E-state index in [1.807, 2.05) is 18.7 Å². The smallest absolute Gasteiger partial charge is 0.384 e. The van der Waals surface area contributed by atoms with E-state index in [1.165, 1.54) is 18.3 Å². The molecule has 0 saturated carbocycles. The molecule has 2 amide bonds. The lowest BCUT2D eigenvalue weighted by atomic mass is 9.66. The van der Waals surface area contributed by atoms with Gasteiger partial charge in [-0.25, -0.2) is 4.39 Å². The molecule has 0 bridgehead atoms. The summed E-state index contributed by atoms with van der Waals surface area (Å²) in [6, 6.07) is 9.77. The molecule has 2 aliphatic heterocycles. The summed E-state index contributed by atoms with van der Waals surface area (Å²) in [7, 11) is 0. The van der Waals surface area contributed by atoms with Crippen LogP contribution < -0.4 is 5.32 Å². The number of likely N-dealkylation sites (tertiary alicyclic amines) is 1. The molecule has 10 heteroatoms. The molecule has 39 heavy (non-hydrogen) atoms. The van der Waals surface area contributed by atoms with Gasteiger partial charge >= 0.3 is 6.18 Å². The van der Waals surface area contributed by atoms with Crippen LogP contribution in [0.25, 0.3) is 10.9 Å². The Morgan fingerprint density at radius 3 is 2.49 bits per heavy atom. The minimum atomic E-state index is -4.40. The summed E-state index contributed by atoms with van der Waals surface area (Å²) in [6.07, 6.45) is -2.17. The van der Waals surface area contributed by atoms with Crippen molar-refractivity contribution in [3.05, 3.63) is 76.7 Å². The number of amides is 2. The molecule has 1 aromatic heterocycles. The van der Waals surface area contributed by atoms with Crippen LogP contribution in [0, 0.1) is 11.2 Å². The van der Waals surface area contributed by atoms with Gasteiger partial charge in [0.25, 0.3) is 0 Å². The van der Waals surface area contributed by atoms with Gasteiger partial charge in [-0.15, -0.1) is 0 Å². The van der Waals surface area contributed by atoms with Gasteiger partial charge in [0.05, 0.1) is 22.6 Å². The monoisotopic (exact) mass is 543 g/mol. The SMILES string of the molecule is CC1(C)CN(Cc2ccc(C(F)(F)F)cc2)CC[C@]1(O)c1ccc2ncc([C@@H]3CCC(=O)NC3=O)cc2c1F. The number of piperidine rings is 2. The first kappa shape index (κ1) is 27.2. The number of hydrogen-bond donors (Lipinski definition) is 2. The molecule has 0 radical (unpaired) electrons. The maximum absolute atomic E-state index is 16.1. The first-order valence-corrected chi connectivity index (χ1v) is 12.8. The highest BCUT2D eigenvalue weighted by Gasteiger charge is 2.50. The molecule has 2 aliphatic rings. The highest BCUT2D eigenvalue weighted by molar-refractivity contribution is 6.01. The molecular weight excluding hydrogens is 514 g/mol. The standard InChI is InChI=1S/C29H29F4N3O3/c1-27(2)16-36(15-17-3-5-19(6-4-17)29(31,32)33)12-11-28(27,39)22-8-9-23-21(25(22)30)13-18(14-34-23)20-7-10-24(37)35-26(20)38/h3-6,8-9,13-14,20,39H,7,10-12,15-16H2,1-2H3,(H,35,37,38)/t20-,28-/m0/s1. The van der Waals surface area contributed by atoms with Crippen LogP contribution in [0.2, 0.25) is 0 Å². The van der Waals surface area contributed by atoms with E-state index in [0.717, 1.165) is 12.1 Å². The molecule has 2 atom stereocenters. The molecule has 5 rings (SSSR count). The van der Waals surface area contributed by atoms with E-state index < -0.39 is 40.4 Å². The van der Waals surface area contributed by atoms with Crippen LogP contribution in [0.15, 0.2) is 48.7 Å². The highest BCUT2D eigenvalue weighted by atomic mass is 19.4. The Morgan fingerprint density at radius 1 is 1.13 bits per heavy atom. The number of nitrogens with one attached hydrogen (secondary N) is 1. The van der Waals surface area contributed by atoms with Crippen molar-refractivity contribution in [1.29, 1.82) is 0 Å². The number of benzene rings is 2. The number of nitrogens with zero attached hydrogens (tertiary/aromatic N) is 2. The second-order valence-electron chi connectivity index (χ2n) is 11.2. The molecule has 2 saturated heterocycles. The van der Waals surface area contributed by atoms with Gasteiger partial charge in [0.1, 0.15) is 5.82 Å². The molecule has 3 aromatic rings. The summed E-state index contributed by atoms with van der Waals surface area (Å²) >= 11 is 0. The van der Waals surface area contributed by atoms with Gasteiger partial charge in [-0.05, 0) is 48.2 Å². The van der Waals surface area contributed by atoms with Crippen molar-refractivity contribution in [3.63, 3.8) is 0 Å². The highest BCUT2D eigenvalue weighted by Crippen LogP contribution is 2.48. The number of rotatable bonds is 4. The first-order chi connectivity index (χ1) is 18.3. The van der Waals surface area contributed by atoms with Crippen molar-refractivity contribution in [2.75, 3.05) is 13.1 Å². The van der Waals surface area contributed by atoms with E-state index in [-0.39, 0.29) is 29.7 Å². The summed E-state index contributed by atoms with van der Waals surface area (Å²) in [4.78, 5) is 30.3. The van der Waals surface area contributed by atoms with Gasteiger partial charge in [-0.1, -0.05) is 32.0 Å². The van der Waals surface area contributed by atoms with Gasteiger partial charge in [-0.2, -0.15) is 13.2 Å². The number of aromatic nitrogens is 1. The van der Waals surface area contributed by atoms with E-state index in [9.17, 15) is 27.9 Å². The van der Waals surface area contributed by atoms with Crippen LogP contribution in [0.4, 0.5) is 17.6 Å². The number of imide groups is 1. The van der Waals surface area contributed by atoms with Crippen molar-refractivity contribution < 1.29 is 32.3 Å². The van der Waals surface area contributed by atoms with Crippen LogP contribution >= 0.6 is 0 Å². The fourth-order valence-corrected chi connectivity index (χ4v) is 5.82. The minimum Gasteiger partial charge on any atom is -0.384 e. The zero-order valence-electron chi connectivity index (χ0n) is 21.6. The summed E-state index contributed by atoms with van der Waals surface area (Å²) in [5, 5.41) is 14.4. The fraction of sp³-hybridized carbons (Fsp3) is 0.414. The van der Waals surface area contributed by atoms with E-state index in [2.05, 4.69) is 10.3 Å². The second kappa shape index (κ2) is 9.67. The lowest BCUT2D eigenvalue weighted by Gasteiger charge is -2.50. The number of carbonyl (C=O) groups excluding carboxylic acids is 2. The van der Waals surface area contributed by atoms with E-state index >= 15 is 4.39 Å². The van der Waals surface area contributed by atoms with Crippen molar-refractivity contribution in [2.45, 2.75) is 57.3 Å². The Balaban J connectivity index is 1.40. The zero-order valence-corrected chi connectivity index (χ0v) is 21.6. The fourth-order valence-electron chi connectivity index (χ4n) is 5.82. The molecular formula is C29H29F4N3O3. The number of pyridine rings is 1. The van der Waals surface area contributed by atoms with Gasteiger partial charge < -0.3 is 5.11 Å². The van der Waals surface area contributed by atoms with Gasteiger partial charge in [-0.3, -0.25) is 24.8 Å². The summed E-state index contributed by atoms with van der Waals surface area (Å²) < 4.78 is 54.8. The van der Waals surface area contributed by atoms with E-state index in [0.29, 0.717) is 42.7 Å². The quantitative estimate of drug-likeness (QED) is 0.356. The van der Waals surface area contributed by atoms with Crippen molar-refractivity contribution in [2.24, 2.45) is 5.41 Å². The molecule has 0 spiro atoms. The first-order valence-electron chi connectivity index (χ1n) is 12.8. The minimum absolute atomic E-state index is 0.136. The Kier molecular flexibility index (Phi) is 6.75. The molecule has 0 unspecified atom stereocenters. The van der Waals surface area contributed by atoms with E-state index in [4.69, 9.17) is 0 Å². The van der Waals surface area contributed by atoms with E-state index in [1.54, 1.807) is 18.2 Å². The average Bonchev–Trinajstić information content (AvgIpc) is 2.86. The number of hydrogen-bond acceptors (Lipinski definition) is 5. The van der Waals surface area contributed by atoms with Gasteiger partial charge in [0, 0.05) is 48.6 Å².